The number of hydrogen-bond donors (Lipinski definition) is 2. The lowest BCUT2D eigenvalue weighted by Gasteiger charge is -2.14. The largest absolute Gasteiger partial charge is 0.350 e. The van der Waals surface area contributed by atoms with Crippen LogP contribution in [0.25, 0.3) is 0 Å². The molecule has 1 atom stereocenters. The fourth-order valence-electron chi connectivity index (χ4n) is 2.48. The molecule has 5 nitrogen and oxygen atoms in total. The number of amides is 1. The molecule has 0 aliphatic heterocycles. The standard InChI is InChI=1S/C19H24N2O3S/c1-3-20-25(23,24)18-11-7-10-17(14-18)19(22)21-15(2)12-13-16-8-5-4-6-9-16/h4-11,14-15,20H,3,12-13H2,1-2H3,(H,21,22). The maximum atomic E-state index is 12.4. The summed E-state index contributed by atoms with van der Waals surface area (Å²) in [6, 6.07) is 16.1. The van der Waals surface area contributed by atoms with E-state index in [1.807, 2.05) is 25.1 Å². The van der Waals surface area contributed by atoms with Crippen LogP contribution in [-0.2, 0) is 16.4 Å². The third kappa shape index (κ3) is 5.69. The molecule has 0 aliphatic rings. The predicted octanol–water partition coefficient (Wildman–Crippen LogP) is 2.74. The van der Waals surface area contributed by atoms with Gasteiger partial charge in [0.05, 0.1) is 4.90 Å². The highest BCUT2D eigenvalue weighted by Crippen LogP contribution is 2.12. The fraction of sp³-hybridized carbons (Fsp3) is 0.316. The van der Waals surface area contributed by atoms with E-state index in [1.54, 1.807) is 19.1 Å². The molecule has 2 rings (SSSR count). The summed E-state index contributed by atoms with van der Waals surface area (Å²) >= 11 is 0. The maximum absolute atomic E-state index is 12.4. The van der Waals surface area contributed by atoms with Gasteiger partial charge in [-0.2, -0.15) is 0 Å². The molecule has 134 valence electrons. The molecular formula is C19H24N2O3S. The average molecular weight is 360 g/mol. The lowest BCUT2D eigenvalue weighted by Crippen LogP contribution is -2.33. The summed E-state index contributed by atoms with van der Waals surface area (Å²) in [7, 11) is -3.57. The zero-order chi connectivity index (χ0) is 18.3. The van der Waals surface area contributed by atoms with Crippen LogP contribution in [0.5, 0.6) is 0 Å². The van der Waals surface area contributed by atoms with Crippen molar-refractivity contribution in [2.24, 2.45) is 0 Å². The quantitative estimate of drug-likeness (QED) is 0.760. The van der Waals surface area contributed by atoms with Crippen molar-refractivity contribution in [3.63, 3.8) is 0 Å². The summed E-state index contributed by atoms with van der Waals surface area (Å²) < 4.78 is 26.5. The molecule has 1 unspecified atom stereocenters. The van der Waals surface area contributed by atoms with Crippen molar-refractivity contribution in [2.45, 2.75) is 37.6 Å². The highest BCUT2D eigenvalue weighted by molar-refractivity contribution is 7.89. The molecule has 2 N–H and O–H groups in total. The van der Waals surface area contributed by atoms with Gasteiger partial charge in [-0.15, -0.1) is 0 Å². The summed E-state index contributed by atoms with van der Waals surface area (Å²) in [5.41, 5.74) is 1.56. The molecule has 0 saturated heterocycles. The summed E-state index contributed by atoms with van der Waals surface area (Å²) in [6.07, 6.45) is 1.68. The number of benzene rings is 2. The predicted molar refractivity (Wildman–Crippen MR) is 99.0 cm³/mol. The van der Waals surface area contributed by atoms with Crippen LogP contribution in [-0.4, -0.2) is 26.9 Å². The van der Waals surface area contributed by atoms with Crippen LogP contribution in [0.15, 0.2) is 59.5 Å². The van der Waals surface area contributed by atoms with Gasteiger partial charge < -0.3 is 5.32 Å². The first-order valence-corrected chi connectivity index (χ1v) is 9.85. The molecular weight excluding hydrogens is 336 g/mol. The second-order valence-corrected chi connectivity index (χ2v) is 7.69. The molecule has 0 fully saturated rings. The molecule has 0 bridgehead atoms. The summed E-state index contributed by atoms with van der Waals surface area (Å²) in [5.74, 6) is -0.269. The molecule has 0 saturated carbocycles. The Hall–Kier alpha value is -2.18. The second-order valence-electron chi connectivity index (χ2n) is 5.93. The van der Waals surface area contributed by atoms with E-state index >= 15 is 0 Å². The average Bonchev–Trinajstić information content (AvgIpc) is 2.61. The monoisotopic (exact) mass is 360 g/mol. The van der Waals surface area contributed by atoms with Gasteiger partial charge >= 0.3 is 0 Å². The summed E-state index contributed by atoms with van der Waals surface area (Å²) in [6.45, 7) is 3.96. The molecule has 6 heteroatoms. The van der Waals surface area contributed by atoms with Crippen molar-refractivity contribution >= 4 is 15.9 Å². The normalized spacial score (nSPS) is 12.6. The second kappa shape index (κ2) is 8.78. The molecule has 0 aromatic heterocycles. The van der Waals surface area contributed by atoms with Gasteiger partial charge in [0.1, 0.15) is 0 Å². The van der Waals surface area contributed by atoms with Crippen LogP contribution < -0.4 is 10.0 Å². The minimum Gasteiger partial charge on any atom is -0.350 e. The van der Waals surface area contributed by atoms with Crippen LogP contribution in [0.3, 0.4) is 0 Å². The molecule has 0 heterocycles. The summed E-state index contributed by atoms with van der Waals surface area (Å²) in [4.78, 5) is 12.5. The number of carbonyl (C=O) groups excluding carboxylic acids is 1. The van der Waals surface area contributed by atoms with Gasteiger partial charge in [0, 0.05) is 18.2 Å². The topological polar surface area (TPSA) is 75.3 Å². The highest BCUT2D eigenvalue weighted by atomic mass is 32.2. The molecule has 2 aromatic rings. The van der Waals surface area contributed by atoms with Crippen LogP contribution in [0, 0.1) is 0 Å². The minimum absolute atomic E-state index is 0.0123. The molecule has 1 amide bonds. The van der Waals surface area contributed by atoms with Gasteiger partial charge in [-0.1, -0.05) is 43.3 Å². The number of rotatable bonds is 8. The van der Waals surface area contributed by atoms with Crippen LogP contribution >= 0.6 is 0 Å². The Morgan fingerprint density at radius 1 is 1.08 bits per heavy atom. The smallest absolute Gasteiger partial charge is 0.251 e. The first-order chi connectivity index (χ1) is 11.9. The van der Waals surface area contributed by atoms with Crippen molar-refractivity contribution in [1.29, 1.82) is 0 Å². The van der Waals surface area contributed by atoms with E-state index in [0.29, 0.717) is 12.1 Å². The molecule has 0 spiro atoms. The number of hydrogen-bond acceptors (Lipinski definition) is 3. The van der Waals surface area contributed by atoms with Crippen molar-refractivity contribution in [1.82, 2.24) is 10.0 Å². The molecule has 0 aliphatic carbocycles. The van der Waals surface area contributed by atoms with E-state index in [0.717, 1.165) is 12.8 Å². The first kappa shape index (κ1) is 19.1. The minimum atomic E-state index is -3.57. The van der Waals surface area contributed by atoms with Gasteiger partial charge in [0.15, 0.2) is 0 Å². The fourth-order valence-corrected chi connectivity index (χ4v) is 3.57. The molecule has 2 aromatic carbocycles. The third-order valence-electron chi connectivity index (χ3n) is 3.83. The summed E-state index contributed by atoms with van der Waals surface area (Å²) in [5, 5.41) is 2.92. The van der Waals surface area contributed by atoms with Gasteiger partial charge in [-0.25, -0.2) is 13.1 Å². The van der Waals surface area contributed by atoms with Crippen molar-refractivity contribution < 1.29 is 13.2 Å². The number of carbonyl (C=O) groups is 1. The van der Waals surface area contributed by atoms with Gasteiger partial charge in [-0.05, 0) is 43.5 Å². The van der Waals surface area contributed by atoms with E-state index in [-0.39, 0.29) is 16.8 Å². The van der Waals surface area contributed by atoms with Crippen molar-refractivity contribution in [3.8, 4) is 0 Å². The zero-order valence-electron chi connectivity index (χ0n) is 14.5. The Balaban J connectivity index is 1.98. The van der Waals surface area contributed by atoms with Gasteiger partial charge in [0.25, 0.3) is 5.91 Å². The van der Waals surface area contributed by atoms with Gasteiger partial charge in [0.2, 0.25) is 10.0 Å². The molecule has 25 heavy (non-hydrogen) atoms. The number of aryl methyl sites for hydroxylation is 1. The zero-order valence-corrected chi connectivity index (χ0v) is 15.3. The van der Waals surface area contributed by atoms with Crippen LogP contribution in [0.1, 0.15) is 36.2 Å². The van der Waals surface area contributed by atoms with E-state index in [9.17, 15) is 13.2 Å². The SMILES string of the molecule is CCNS(=O)(=O)c1cccc(C(=O)NC(C)CCc2ccccc2)c1. The van der Waals surface area contributed by atoms with E-state index in [1.165, 1.54) is 17.7 Å². The lowest BCUT2D eigenvalue weighted by atomic mass is 10.1. The van der Waals surface area contributed by atoms with Crippen molar-refractivity contribution in [3.05, 3.63) is 65.7 Å². The number of nitrogens with one attached hydrogen (secondary N) is 2. The van der Waals surface area contributed by atoms with E-state index < -0.39 is 10.0 Å². The maximum Gasteiger partial charge on any atom is 0.251 e. The Morgan fingerprint density at radius 2 is 1.80 bits per heavy atom. The number of sulfonamides is 1. The Labute approximate surface area is 149 Å². The Bertz CT molecular complexity index is 804. The third-order valence-corrected chi connectivity index (χ3v) is 5.37. The lowest BCUT2D eigenvalue weighted by molar-refractivity contribution is 0.0938. The van der Waals surface area contributed by atoms with Crippen LogP contribution in [0.2, 0.25) is 0 Å². The Kier molecular flexibility index (Phi) is 6.73. The van der Waals surface area contributed by atoms with Gasteiger partial charge in [-0.3, -0.25) is 4.79 Å². The first-order valence-electron chi connectivity index (χ1n) is 8.37. The molecule has 0 radical (unpaired) electrons. The Morgan fingerprint density at radius 3 is 2.48 bits per heavy atom. The van der Waals surface area contributed by atoms with Crippen LogP contribution in [0.4, 0.5) is 0 Å². The highest BCUT2D eigenvalue weighted by Gasteiger charge is 2.16. The van der Waals surface area contributed by atoms with Crippen molar-refractivity contribution in [2.75, 3.05) is 6.54 Å². The van der Waals surface area contributed by atoms with E-state index in [4.69, 9.17) is 0 Å². The van der Waals surface area contributed by atoms with E-state index in [2.05, 4.69) is 22.2 Å².